The van der Waals surface area contributed by atoms with E-state index in [0.717, 1.165) is 5.00 Å². The maximum absolute atomic E-state index is 3.81. The molecule has 4 heteroatoms. The molecule has 2 aromatic rings. The molecule has 0 spiro atoms. The standard InChI is InChI=1S/C11H13N3S/c1-8-3-5-10(6-4-8)9(2)13-11-7-12-14-15-11/h3-7,9,13H,1-2H3. The van der Waals surface area contributed by atoms with Crippen molar-refractivity contribution in [2.24, 2.45) is 0 Å². The second-order valence-electron chi connectivity index (χ2n) is 3.56. The van der Waals surface area contributed by atoms with Gasteiger partial charge in [0.2, 0.25) is 0 Å². The van der Waals surface area contributed by atoms with Crippen molar-refractivity contribution in [3.8, 4) is 0 Å². The summed E-state index contributed by atoms with van der Waals surface area (Å²) in [6.07, 6.45) is 1.75. The van der Waals surface area contributed by atoms with Gasteiger partial charge in [-0.1, -0.05) is 34.3 Å². The number of hydrogen-bond donors (Lipinski definition) is 1. The largest absolute Gasteiger partial charge is 0.368 e. The van der Waals surface area contributed by atoms with Gasteiger partial charge in [0, 0.05) is 17.6 Å². The summed E-state index contributed by atoms with van der Waals surface area (Å²) in [6.45, 7) is 4.22. The minimum atomic E-state index is 0.285. The van der Waals surface area contributed by atoms with Gasteiger partial charge in [0.1, 0.15) is 5.00 Å². The van der Waals surface area contributed by atoms with E-state index in [4.69, 9.17) is 0 Å². The van der Waals surface area contributed by atoms with E-state index in [-0.39, 0.29) is 6.04 Å². The van der Waals surface area contributed by atoms with Gasteiger partial charge in [0.25, 0.3) is 0 Å². The van der Waals surface area contributed by atoms with Crippen LogP contribution in [0.2, 0.25) is 0 Å². The molecule has 1 atom stereocenters. The Morgan fingerprint density at radius 1 is 1.27 bits per heavy atom. The molecule has 1 aromatic carbocycles. The van der Waals surface area contributed by atoms with Crippen LogP contribution >= 0.6 is 11.5 Å². The van der Waals surface area contributed by atoms with Gasteiger partial charge in [-0.2, -0.15) is 0 Å². The number of benzene rings is 1. The molecule has 0 radical (unpaired) electrons. The van der Waals surface area contributed by atoms with E-state index in [9.17, 15) is 0 Å². The lowest BCUT2D eigenvalue weighted by Crippen LogP contribution is -2.05. The van der Waals surface area contributed by atoms with Crippen molar-refractivity contribution in [1.82, 2.24) is 9.59 Å². The van der Waals surface area contributed by atoms with Crippen molar-refractivity contribution in [2.75, 3.05) is 5.32 Å². The number of nitrogens with one attached hydrogen (secondary N) is 1. The molecule has 1 heterocycles. The molecular formula is C11H13N3S. The molecule has 2 rings (SSSR count). The quantitative estimate of drug-likeness (QED) is 0.862. The maximum atomic E-state index is 3.81. The summed E-state index contributed by atoms with van der Waals surface area (Å²) in [4.78, 5) is 0. The third-order valence-corrected chi connectivity index (χ3v) is 2.89. The van der Waals surface area contributed by atoms with Crippen molar-refractivity contribution < 1.29 is 0 Å². The van der Waals surface area contributed by atoms with Crippen LogP contribution in [0.5, 0.6) is 0 Å². The third-order valence-electron chi connectivity index (χ3n) is 2.30. The van der Waals surface area contributed by atoms with E-state index >= 15 is 0 Å². The lowest BCUT2D eigenvalue weighted by Gasteiger charge is -2.13. The molecule has 0 fully saturated rings. The number of hydrogen-bond acceptors (Lipinski definition) is 4. The number of aromatic nitrogens is 2. The van der Waals surface area contributed by atoms with Crippen LogP contribution < -0.4 is 5.32 Å². The molecule has 0 aliphatic carbocycles. The molecule has 1 aromatic heterocycles. The molecule has 0 bridgehead atoms. The van der Waals surface area contributed by atoms with Gasteiger partial charge in [-0.25, -0.2) is 0 Å². The van der Waals surface area contributed by atoms with E-state index in [1.54, 1.807) is 6.20 Å². The summed E-state index contributed by atoms with van der Waals surface area (Å²) in [5.74, 6) is 0. The zero-order valence-corrected chi connectivity index (χ0v) is 9.58. The summed E-state index contributed by atoms with van der Waals surface area (Å²) < 4.78 is 3.81. The van der Waals surface area contributed by atoms with Crippen LogP contribution in [0.3, 0.4) is 0 Å². The van der Waals surface area contributed by atoms with Crippen LogP contribution in [0.1, 0.15) is 24.1 Å². The highest BCUT2D eigenvalue weighted by Gasteiger charge is 2.05. The fourth-order valence-corrected chi connectivity index (χ4v) is 1.89. The van der Waals surface area contributed by atoms with Gasteiger partial charge in [0.15, 0.2) is 0 Å². The molecule has 1 N–H and O–H groups in total. The number of aryl methyl sites for hydroxylation is 1. The summed E-state index contributed by atoms with van der Waals surface area (Å²) >= 11 is 1.38. The zero-order valence-electron chi connectivity index (χ0n) is 8.77. The summed E-state index contributed by atoms with van der Waals surface area (Å²) in [6, 6.07) is 8.81. The van der Waals surface area contributed by atoms with Crippen molar-refractivity contribution in [1.29, 1.82) is 0 Å². The molecule has 3 nitrogen and oxygen atoms in total. The van der Waals surface area contributed by atoms with Crippen LogP contribution in [-0.2, 0) is 0 Å². The Morgan fingerprint density at radius 2 is 2.00 bits per heavy atom. The second kappa shape index (κ2) is 4.40. The van der Waals surface area contributed by atoms with Gasteiger partial charge in [-0.3, -0.25) is 0 Å². The molecule has 0 amide bonds. The van der Waals surface area contributed by atoms with E-state index in [0.29, 0.717) is 0 Å². The third kappa shape index (κ3) is 2.53. The first-order chi connectivity index (χ1) is 7.25. The van der Waals surface area contributed by atoms with Crippen molar-refractivity contribution in [3.63, 3.8) is 0 Å². The van der Waals surface area contributed by atoms with Crippen LogP contribution in [0.4, 0.5) is 5.00 Å². The van der Waals surface area contributed by atoms with E-state index in [1.807, 2.05) is 0 Å². The van der Waals surface area contributed by atoms with E-state index < -0.39 is 0 Å². The Labute approximate surface area is 93.3 Å². The van der Waals surface area contributed by atoms with Gasteiger partial charge >= 0.3 is 0 Å². The first-order valence-electron chi connectivity index (χ1n) is 4.86. The SMILES string of the molecule is Cc1ccc(C(C)Nc2cnns2)cc1. The minimum Gasteiger partial charge on any atom is -0.368 e. The average Bonchev–Trinajstić information content (AvgIpc) is 2.71. The van der Waals surface area contributed by atoms with Gasteiger partial charge < -0.3 is 5.32 Å². The normalized spacial score (nSPS) is 12.4. The molecule has 0 aliphatic heterocycles. The smallest absolute Gasteiger partial charge is 0.130 e. The predicted molar refractivity (Wildman–Crippen MR) is 63.1 cm³/mol. The number of anilines is 1. The second-order valence-corrected chi connectivity index (χ2v) is 4.34. The van der Waals surface area contributed by atoms with Crippen LogP contribution in [0.25, 0.3) is 0 Å². The van der Waals surface area contributed by atoms with Crippen LogP contribution in [-0.4, -0.2) is 9.59 Å². The van der Waals surface area contributed by atoms with Crippen molar-refractivity contribution in [2.45, 2.75) is 19.9 Å². The lowest BCUT2D eigenvalue weighted by molar-refractivity contribution is 0.887. The summed E-state index contributed by atoms with van der Waals surface area (Å²) in [7, 11) is 0. The van der Waals surface area contributed by atoms with Crippen molar-refractivity contribution >= 4 is 16.5 Å². The molecule has 0 saturated carbocycles. The van der Waals surface area contributed by atoms with Gasteiger partial charge in [-0.15, -0.1) is 5.10 Å². The highest BCUT2D eigenvalue weighted by molar-refractivity contribution is 7.09. The van der Waals surface area contributed by atoms with Gasteiger partial charge in [0.05, 0.1) is 6.20 Å². The Kier molecular flexibility index (Phi) is 2.97. The highest BCUT2D eigenvalue weighted by Crippen LogP contribution is 2.20. The fourth-order valence-electron chi connectivity index (χ4n) is 1.38. The van der Waals surface area contributed by atoms with Gasteiger partial charge in [-0.05, 0) is 19.4 Å². The Morgan fingerprint density at radius 3 is 2.60 bits per heavy atom. The first-order valence-corrected chi connectivity index (χ1v) is 5.63. The monoisotopic (exact) mass is 219 g/mol. The van der Waals surface area contributed by atoms with Crippen LogP contribution in [0, 0.1) is 6.92 Å². The summed E-state index contributed by atoms with van der Waals surface area (Å²) in [5, 5.41) is 8.14. The summed E-state index contributed by atoms with van der Waals surface area (Å²) in [5.41, 5.74) is 2.56. The highest BCUT2D eigenvalue weighted by atomic mass is 32.1. The Bertz CT molecular complexity index is 408. The molecule has 1 unspecified atom stereocenters. The number of nitrogens with zero attached hydrogens (tertiary/aromatic N) is 2. The molecule has 78 valence electrons. The molecule has 0 saturated heterocycles. The first kappa shape index (κ1) is 10.1. The Hall–Kier alpha value is -1.42. The molecular weight excluding hydrogens is 206 g/mol. The average molecular weight is 219 g/mol. The van der Waals surface area contributed by atoms with E-state index in [2.05, 4.69) is 53.0 Å². The molecule has 15 heavy (non-hydrogen) atoms. The Balaban J connectivity index is 2.08. The predicted octanol–water partition coefficient (Wildman–Crippen LogP) is 3.02. The van der Waals surface area contributed by atoms with Crippen LogP contribution in [0.15, 0.2) is 30.5 Å². The van der Waals surface area contributed by atoms with Crippen molar-refractivity contribution in [3.05, 3.63) is 41.6 Å². The number of rotatable bonds is 3. The topological polar surface area (TPSA) is 37.8 Å². The zero-order chi connectivity index (χ0) is 10.7. The lowest BCUT2D eigenvalue weighted by atomic mass is 10.1. The molecule has 0 aliphatic rings. The van der Waals surface area contributed by atoms with E-state index in [1.165, 1.54) is 22.7 Å². The minimum absolute atomic E-state index is 0.285. The fraction of sp³-hybridized carbons (Fsp3) is 0.273. The maximum Gasteiger partial charge on any atom is 0.130 e.